The van der Waals surface area contributed by atoms with Gasteiger partial charge in [0.2, 0.25) is 0 Å². The summed E-state index contributed by atoms with van der Waals surface area (Å²) in [7, 11) is 0. The fourth-order valence-electron chi connectivity index (χ4n) is 2.22. The SMILES string of the molecule is CCCc1nc(C)c(C(=O)Nc2cc(CN)cc(C(F)(F)F)c2)s1. The summed E-state index contributed by atoms with van der Waals surface area (Å²) in [6, 6.07) is 3.32. The molecule has 24 heavy (non-hydrogen) atoms. The highest BCUT2D eigenvalue weighted by atomic mass is 32.1. The van der Waals surface area contributed by atoms with Gasteiger partial charge in [-0.25, -0.2) is 4.98 Å². The summed E-state index contributed by atoms with van der Waals surface area (Å²) in [5.41, 5.74) is 5.55. The van der Waals surface area contributed by atoms with Gasteiger partial charge in [-0.2, -0.15) is 13.2 Å². The molecular weight excluding hydrogens is 339 g/mol. The molecule has 0 unspecified atom stereocenters. The van der Waals surface area contributed by atoms with Gasteiger partial charge >= 0.3 is 6.18 Å². The second kappa shape index (κ2) is 7.31. The molecule has 1 aromatic carbocycles. The number of hydrogen-bond donors (Lipinski definition) is 2. The third-order valence-electron chi connectivity index (χ3n) is 3.32. The second-order valence-electron chi connectivity index (χ2n) is 5.35. The highest BCUT2D eigenvalue weighted by Crippen LogP contribution is 2.32. The Hall–Kier alpha value is -1.93. The number of benzene rings is 1. The Morgan fingerprint density at radius 3 is 2.62 bits per heavy atom. The highest BCUT2D eigenvalue weighted by molar-refractivity contribution is 7.13. The lowest BCUT2D eigenvalue weighted by Gasteiger charge is -2.12. The van der Waals surface area contributed by atoms with E-state index in [4.69, 9.17) is 5.73 Å². The van der Waals surface area contributed by atoms with Crippen molar-refractivity contribution in [3.8, 4) is 0 Å². The Balaban J connectivity index is 2.28. The zero-order chi connectivity index (χ0) is 17.9. The number of halogens is 3. The summed E-state index contributed by atoms with van der Waals surface area (Å²) in [6.07, 6.45) is -2.83. The molecule has 2 aromatic rings. The lowest BCUT2D eigenvalue weighted by atomic mass is 10.1. The summed E-state index contributed by atoms with van der Waals surface area (Å²) < 4.78 is 38.8. The first-order chi connectivity index (χ1) is 11.2. The summed E-state index contributed by atoms with van der Waals surface area (Å²) in [4.78, 5) is 17.1. The third-order valence-corrected chi connectivity index (χ3v) is 4.54. The van der Waals surface area contributed by atoms with Crippen LogP contribution in [0.1, 0.15) is 44.8 Å². The van der Waals surface area contributed by atoms with Crippen molar-refractivity contribution in [2.45, 2.75) is 39.4 Å². The van der Waals surface area contributed by atoms with E-state index in [0.29, 0.717) is 16.1 Å². The van der Waals surface area contributed by atoms with Crippen molar-refractivity contribution in [2.24, 2.45) is 5.73 Å². The molecule has 0 bridgehead atoms. The molecule has 4 nitrogen and oxygen atoms in total. The summed E-state index contributed by atoms with van der Waals surface area (Å²) in [6.45, 7) is 3.67. The largest absolute Gasteiger partial charge is 0.416 e. The van der Waals surface area contributed by atoms with Gasteiger partial charge in [0, 0.05) is 12.2 Å². The van der Waals surface area contributed by atoms with Crippen molar-refractivity contribution in [1.29, 1.82) is 0 Å². The summed E-state index contributed by atoms with van der Waals surface area (Å²) in [5, 5.41) is 3.36. The van der Waals surface area contributed by atoms with Gasteiger partial charge in [-0.1, -0.05) is 6.92 Å². The number of rotatable bonds is 5. The van der Waals surface area contributed by atoms with Crippen LogP contribution in [0.25, 0.3) is 0 Å². The van der Waals surface area contributed by atoms with Crippen molar-refractivity contribution in [2.75, 3.05) is 5.32 Å². The van der Waals surface area contributed by atoms with E-state index >= 15 is 0 Å². The minimum Gasteiger partial charge on any atom is -0.326 e. The Morgan fingerprint density at radius 1 is 1.33 bits per heavy atom. The minimum atomic E-state index is -4.50. The van der Waals surface area contributed by atoms with Crippen LogP contribution in [0.4, 0.5) is 18.9 Å². The number of aryl methyl sites for hydroxylation is 2. The monoisotopic (exact) mass is 357 g/mol. The average Bonchev–Trinajstić information content (AvgIpc) is 2.87. The van der Waals surface area contributed by atoms with Crippen LogP contribution in [0, 0.1) is 6.92 Å². The van der Waals surface area contributed by atoms with Gasteiger partial charge in [-0.05, 0) is 43.5 Å². The van der Waals surface area contributed by atoms with E-state index in [9.17, 15) is 18.0 Å². The maximum Gasteiger partial charge on any atom is 0.416 e. The predicted molar refractivity (Wildman–Crippen MR) is 88.1 cm³/mol. The smallest absolute Gasteiger partial charge is 0.326 e. The molecule has 0 fully saturated rings. The predicted octanol–water partition coefficient (Wildman–Crippen LogP) is 4.13. The molecule has 0 radical (unpaired) electrons. The molecule has 0 saturated carbocycles. The number of nitrogens with one attached hydrogen (secondary N) is 1. The number of thiazole rings is 1. The van der Waals surface area contributed by atoms with Gasteiger partial charge in [-0.15, -0.1) is 11.3 Å². The molecule has 1 heterocycles. The van der Waals surface area contributed by atoms with E-state index in [1.54, 1.807) is 6.92 Å². The number of aromatic nitrogens is 1. The first-order valence-corrected chi connectivity index (χ1v) is 8.25. The van der Waals surface area contributed by atoms with Gasteiger partial charge < -0.3 is 11.1 Å². The van der Waals surface area contributed by atoms with Crippen molar-refractivity contribution in [3.63, 3.8) is 0 Å². The molecule has 130 valence electrons. The lowest BCUT2D eigenvalue weighted by Crippen LogP contribution is -2.14. The molecule has 0 saturated heterocycles. The van der Waals surface area contributed by atoms with E-state index in [0.717, 1.165) is 30.0 Å². The standard InChI is InChI=1S/C16H18F3N3OS/c1-3-4-13-21-9(2)14(24-13)15(23)22-12-6-10(8-20)5-11(7-12)16(17,18)19/h5-7H,3-4,8,20H2,1-2H3,(H,22,23). The zero-order valence-electron chi connectivity index (χ0n) is 13.3. The zero-order valence-corrected chi connectivity index (χ0v) is 14.1. The van der Waals surface area contributed by atoms with Crippen molar-refractivity contribution >= 4 is 22.9 Å². The van der Waals surface area contributed by atoms with E-state index in [1.165, 1.54) is 17.4 Å². The van der Waals surface area contributed by atoms with Gasteiger partial charge in [0.15, 0.2) is 0 Å². The maximum atomic E-state index is 12.9. The molecule has 1 aromatic heterocycles. The maximum absolute atomic E-state index is 12.9. The second-order valence-corrected chi connectivity index (χ2v) is 6.43. The lowest BCUT2D eigenvalue weighted by molar-refractivity contribution is -0.137. The van der Waals surface area contributed by atoms with E-state index < -0.39 is 17.6 Å². The number of nitrogens with two attached hydrogens (primary N) is 1. The van der Waals surface area contributed by atoms with Crippen LogP contribution in [0.15, 0.2) is 18.2 Å². The van der Waals surface area contributed by atoms with Gasteiger partial charge in [0.1, 0.15) is 4.88 Å². The normalized spacial score (nSPS) is 11.6. The molecule has 1 amide bonds. The number of alkyl halides is 3. The van der Waals surface area contributed by atoms with Crippen LogP contribution < -0.4 is 11.1 Å². The number of hydrogen-bond acceptors (Lipinski definition) is 4. The van der Waals surface area contributed by atoms with E-state index in [1.807, 2.05) is 6.92 Å². The molecule has 0 spiro atoms. The first-order valence-electron chi connectivity index (χ1n) is 7.43. The van der Waals surface area contributed by atoms with Gasteiger partial charge in [0.25, 0.3) is 5.91 Å². The van der Waals surface area contributed by atoms with Crippen molar-refractivity contribution in [1.82, 2.24) is 4.98 Å². The quantitative estimate of drug-likeness (QED) is 0.845. The van der Waals surface area contributed by atoms with Crippen LogP contribution in [0.5, 0.6) is 0 Å². The number of amides is 1. The highest BCUT2D eigenvalue weighted by Gasteiger charge is 2.31. The number of anilines is 1. The van der Waals surface area contributed by atoms with E-state index in [2.05, 4.69) is 10.3 Å². The molecule has 0 aliphatic heterocycles. The minimum absolute atomic E-state index is 0.0486. The topological polar surface area (TPSA) is 68.0 Å². The Bertz CT molecular complexity index is 741. The molecule has 3 N–H and O–H groups in total. The number of carbonyl (C=O) groups is 1. The molecule has 0 aliphatic carbocycles. The summed E-state index contributed by atoms with van der Waals surface area (Å²) in [5.74, 6) is -0.463. The van der Waals surface area contributed by atoms with Crippen LogP contribution in [-0.4, -0.2) is 10.9 Å². The molecule has 0 atom stereocenters. The third kappa shape index (κ3) is 4.33. The van der Waals surface area contributed by atoms with Crippen molar-refractivity contribution in [3.05, 3.63) is 44.9 Å². The Kier molecular flexibility index (Phi) is 5.61. The van der Waals surface area contributed by atoms with Crippen LogP contribution >= 0.6 is 11.3 Å². The van der Waals surface area contributed by atoms with Crippen molar-refractivity contribution < 1.29 is 18.0 Å². The summed E-state index contributed by atoms with van der Waals surface area (Å²) >= 11 is 1.26. The van der Waals surface area contributed by atoms with Gasteiger partial charge in [-0.3, -0.25) is 4.79 Å². The molecule has 2 rings (SSSR count). The fraction of sp³-hybridized carbons (Fsp3) is 0.375. The van der Waals surface area contributed by atoms with Crippen LogP contribution in [0.3, 0.4) is 0 Å². The van der Waals surface area contributed by atoms with Crippen LogP contribution in [-0.2, 0) is 19.1 Å². The number of carbonyl (C=O) groups excluding carboxylic acids is 1. The first kappa shape index (κ1) is 18.4. The average molecular weight is 357 g/mol. The number of nitrogens with zero attached hydrogens (tertiary/aromatic N) is 1. The van der Waals surface area contributed by atoms with Gasteiger partial charge in [0.05, 0.1) is 16.3 Å². The fourth-order valence-corrected chi connectivity index (χ4v) is 3.28. The molecule has 8 heteroatoms. The molecular formula is C16H18F3N3OS. The molecule has 0 aliphatic rings. The Morgan fingerprint density at radius 2 is 2.04 bits per heavy atom. The Labute approximate surface area is 141 Å². The van der Waals surface area contributed by atoms with Crippen LogP contribution in [0.2, 0.25) is 0 Å². The van der Waals surface area contributed by atoms with E-state index in [-0.39, 0.29) is 12.2 Å².